The largest absolute Gasteiger partial charge is 0.327 e. The Morgan fingerprint density at radius 1 is 1.05 bits per heavy atom. The summed E-state index contributed by atoms with van der Waals surface area (Å²) in [5.74, 6) is 0. The molecular weight excluding hydrogens is 303 g/mol. The van der Waals surface area contributed by atoms with E-state index in [1.807, 2.05) is 6.92 Å². The van der Waals surface area contributed by atoms with Gasteiger partial charge < -0.3 is 9.05 Å². The van der Waals surface area contributed by atoms with Crippen molar-refractivity contribution in [1.82, 2.24) is 0 Å². The van der Waals surface area contributed by atoms with Crippen molar-refractivity contribution in [2.24, 2.45) is 0 Å². The topological polar surface area (TPSA) is 89.6 Å². The van der Waals surface area contributed by atoms with Crippen LogP contribution in [0, 0.1) is 6.92 Å². The van der Waals surface area contributed by atoms with Gasteiger partial charge in [0.15, 0.2) is 0 Å². The van der Waals surface area contributed by atoms with E-state index in [9.17, 15) is 17.5 Å². The van der Waals surface area contributed by atoms with E-state index in [0.29, 0.717) is 13.2 Å². The van der Waals surface area contributed by atoms with Crippen molar-refractivity contribution >= 4 is 17.7 Å². The number of benzene rings is 1. The van der Waals surface area contributed by atoms with E-state index >= 15 is 0 Å². The fourth-order valence-corrected chi connectivity index (χ4v) is 2.69. The molecule has 0 N–H and O–H groups in total. The highest BCUT2D eigenvalue weighted by molar-refractivity contribution is 7.85. The van der Waals surface area contributed by atoms with Crippen LogP contribution in [0.4, 0.5) is 0 Å². The standard InChI is InChI=1S/C7H7O3S.C5H13O3P/c1-6-2-4-7(5-3-6)11(8,9)10;1-4-7-9(3,6)8-5-2/h2-5H,1H3;4-5H2,1-3H3. The Morgan fingerprint density at radius 3 is 1.75 bits per heavy atom. The van der Waals surface area contributed by atoms with Gasteiger partial charge in [0.1, 0.15) is 0 Å². The molecule has 1 radical (unpaired) electrons. The molecule has 20 heavy (non-hydrogen) atoms. The molecule has 0 aliphatic carbocycles. The number of rotatable bonds is 5. The lowest BCUT2D eigenvalue weighted by atomic mass is 10.2. The normalized spacial score (nSPS) is 11.7. The van der Waals surface area contributed by atoms with Crippen LogP contribution in [0.1, 0.15) is 19.4 Å². The van der Waals surface area contributed by atoms with E-state index in [2.05, 4.69) is 0 Å². The lowest BCUT2D eigenvalue weighted by Gasteiger charge is -2.10. The maximum Gasteiger partial charge on any atom is 0.327 e. The van der Waals surface area contributed by atoms with Gasteiger partial charge in [-0.3, -0.25) is 4.57 Å². The summed E-state index contributed by atoms with van der Waals surface area (Å²) in [5, 5.41) is 0. The second-order valence-electron chi connectivity index (χ2n) is 3.87. The zero-order valence-corrected chi connectivity index (χ0v) is 13.7. The molecule has 0 heterocycles. The van der Waals surface area contributed by atoms with E-state index in [1.54, 1.807) is 26.0 Å². The molecule has 0 saturated heterocycles. The molecule has 0 atom stereocenters. The molecule has 6 nitrogen and oxygen atoms in total. The maximum atomic E-state index is 11.0. The van der Waals surface area contributed by atoms with E-state index in [4.69, 9.17) is 9.05 Å². The summed E-state index contributed by atoms with van der Waals surface area (Å²) in [6.45, 7) is 7.74. The van der Waals surface area contributed by atoms with Crippen molar-refractivity contribution < 1.29 is 26.6 Å². The highest BCUT2D eigenvalue weighted by Gasteiger charge is 2.13. The van der Waals surface area contributed by atoms with E-state index < -0.39 is 17.7 Å². The first-order valence-corrected chi connectivity index (χ1v) is 9.41. The Labute approximate surface area is 120 Å². The molecule has 1 aromatic carbocycles. The van der Waals surface area contributed by atoms with Crippen LogP contribution in [0.25, 0.3) is 0 Å². The van der Waals surface area contributed by atoms with Gasteiger partial charge in [-0.05, 0) is 32.9 Å². The predicted molar refractivity (Wildman–Crippen MR) is 75.8 cm³/mol. The van der Waals surface area contributed by atoms with Crippen molar-refractivity contribution in [3.63, 3.8) is 0 Å². The molecule has 0 fully saturated rings. The zero-order valence-electron chi connectivity index (χ0n) is 12.0. The van der Waals surface area contributed by atoms with Gasteiger partial charge in [-0.15, -0.1) is 0 Å². The van der Waals surface area contributed by atoms with Crippen LogP contribution >= 0.6 is 7.60 Å². The van der Waals surface area contributed by atoms with Crippen LogP contribution in [0.2, 0.25) is 0 Å². The van der Waals surface area contributed by atoms with Gasteiger partial charge in [0.25, 0.3) is 0 Å². The average molecular weight is 323 g/mol. The lowest BCUT2D eigenvalue weighted by Crippen LogP contribution is -1.94. The average Bonchev–Trinajstić information content (AvgIpc) is 2.28. The predicted octanol–water partition coefficient (Wildman–Crippen LogP) is 3.00. The van der Waals surface area contributed by atoms with Gasteiger partial charge in [0.2, 0.25) is 0 Å². The van der Waals surface area contributed by atoms with Crippen LogP contribution < -0.4 is 0 Å². The molecule has 0 bridgehead atoms. The molecule has 0 amide bonds. The van der Waals surface area contributed by atoms with Crippen molar-refractivity contribution in [3.8, 4) is 0 Å². The summed E-state index contributed by atoms with van der Waals surface area (Å²) in [6, 6.07) is 5.78. The molecule has 0 spiro atoms. The van der Waals surface area contributed by atoms with Gasteiger partial charge in [0, 0.05) is 6.66 Å². The van der Waals surface area contributed by atoms with Crippen LogP contribution in [0.5, 0.6) is 0 Å². The molecule has 0 aliphatic heterocycles. The minimum Gasteiger partial charge on any atom is -0.309 e. The second-order valence-corrected chi connectivity index (χ2v) is 7.31. The van der Waals surface area contributed by atoms with Gasteiger partial charge in [-0.25, -0.2) is 0 Å². The molecular formula is C12H20O6PS. The van der Waals surface area contributed by atoms with E-state index in [-0.39, 0.29) is 4.90 Å². The second kappa shape index (κ2) is 8.54. The smallest absolute Gasteiger partial charge is 0.309 e. The SMILES string of the molecule is CCOP(C)(=O)OCC.Cc1ccc(S([O])(=O)=O)cc1. The van der Waals surface area contributed by atoms with Crippen molar-refractivity contribution in [3.05, 3.63) is 29.8 Å². The lowest BCUT2D eigenvalue weighted by molar-refractivity contribution is 0.225. The first-order chi connectivity index (χ1) is 9.12. The van der Waals surface area contributed by atoms with Gasteiger partial charge >= 0.3 is 17.7 Å². The summed E-state index contributed by atoms with van der Waals surface area (Å²) < 4.78 is 51.7. The Balaban J connectivity index is 0.000000370. The molecule has 1 rings (SSSR count). The Hall–Kier alpha value is -0.720. The first kappa shape index (κ1) is 19.3. The highest BCUT2D eigenvalue weighted by atomic mass is 32.2. The van der Waals surface area contributed by atoms with Crippen LogP contribution in [-0.4, -0.2) is 28.3 Å². The van der Waals surface area contributed by atoms with E-state index in [1.165, 1.54) is 18.8 Å². The van der Waals surface area contributed by atoms with E-state index in [0.717, 1.165) is 5.56 Å². The molecule has 115 valence electrons. The maximum absolute atomic E-state index is 11.0. The summed E-state index contributed by atoms with van der Waals surface area (Å²) >= 11 is 0. The van der Waals surface area contributed by atoms with Crippen molar-refractivity contribution in [1.29, 1.82) is 0 Å². The third-order valence-electron chi connectivity index (χ3n) is 2.04. The third-order valence-corrected chi connectivity index (χ3v) is 4.34. The molecule has 0 aliphatic rings. The Morgan fingerprint density at radius 2 is 1.45 bits per heavy atom. The fraction of sp³-hybridized carbons (Fsp3) is 0.500. The van der Waals surface area contributed by atoms with Crippen molar-refractivity contribution in [2.45, 2.75) is 25.7 Å². The van der Waals surface area contributed by atoms with Gasteiger partial charge in [-0.2, -0.15) is 8.42 Å². The summed E-state index contributed by atoms with van der Waals surface area (Å²) in [7, 11) is -6.96. The van der Waals surface area contributed by atoms with Gasteiger partial charge in [-0.1, -0.05) is 22.2 Å². The van der Waals surface area contributed by atoms with Crippen LogP contribution in [0.3, 0.4) is 0 Å². The first-order valence-electron chi connectivity index (χ1n) is 6.01. The minimum absolute atomic E-state index is 0.178. The quantitative estimate of drug-likeness (QED) is 0.777. The van der Waals surface area contributed by atoms with Crippen LogP contribution in [0.15, 0.2) is 29.2 Å². The van der Waals surface area contributed by atoms with Crippen LogP contribution in [-0.2, 0) is 28.3 Å². The molecule has 8 heteroatoms. The molecule has 1 aromatic rings. The molecule has 0 unspecified atom stereocenters. The third kappa shape index (κ3) is 8.45. The Kier molecular flexibility index (Phi) is 8.23. The fourth-order valence-electron chi connectivity index (χ4n) is 1.21. The number of aryl methyl sites for hydroxylation is 1. The summed E-state index contributed by atoms with van der Waals surface area (Å²) in [6.07, 6.45) is 0. The molecule has 0 aromatic heterocycles. The Bertz CT molecular complexity index is 528. The highest BCUT2D eigenvalue weighted by Crippen LogP contribution is 2.43. The van der Waals surface area contributed by atoms with Crippen molar-refractivity contribution in [2.75, 3.05) is 19.9 Å². The summed E-state index contributed by atoms with van der Waals surface area (Å²) in [4.78, 5) is -0.178. The molecule has 0 saturated carbocycles. The summed E-state index contributed by atoms with van der Waals surface area (Å²) in [5.41, 5.74) is 0.928. The van der Waals surface area contributed by atoms with Gasteiger partial charge in [0.05, 0.1) is 18.1 Å². The number of hydrogen-bond acceptors (Lipinski definition) is 5. The monoisotopic (exact) mass is 323 g/mol. The number of hydrogen-bond donors (Lipinski definition) is 0. The minimum atomic E-state index is -4.27. The zero-order chi connectivity index (χ0) is 15.8.